The molecule has 1 aromatic heterocycles. The number of nitrogens with one attached hydrogen (secondary N) is 1. The van der Waals surface area contributed by atoms with Crippen LogP contribution < -0.4 is 20.7 Å². The number of benzene rings is 2. The molecule has 2 N–H and O–H groups in total. The van der Waals surface area contributed by atoms with Crippen LogP contribution in [0.25, 0.3) is 5.69 Å². The highest BCUT2D eigenvalue weighted by molar-refractivity contribution is 9.10. The normalized spacial score (nSPS) is 13.4. The second-order valence-electron chi connectivity index (χ2n) is 8.39. The first-order valence-corrected chi connectivity index (χ1v) is 12.0. The number of ether oxygens (including phenoxy) is 2. The molecule has 1 saturated heterocycles. The van der Waals surface area contributed by atoms with Crippen LogP contribution in [0, 0.1) is 13.8 Å². The van der Waals surface area contributed by atoms with Crippen LogP contribution >= 0.6 is 15.9 Å². The summed E-state index contributed by atoms with van der Waals surface area (Å²) in [7, 11) is 1.57. The Bertz CT molecular complexity index is 1470. The Morgan fingerprint density at radius 1 is 1.03 bits per heavy atom. The summed E-state index contributed by atoms with van der Waals surface area (Å²) in [6.07, 6.45) is -1.07. The standard InChI is InChI=1S/C24H24BrN5O7/c1-13-10-15(11-14(2)20(13)37-16-4-5-18(36-3)17(25)12-16)30-23(33)26-21(31)19(27-30)22(32)28-6-8-29(9-7-28)24(34)35/h4-5,10-12H,6-9H2,1-3H3,(H,34,35)(H,26,31,33). The molecule has 2 aromatic carbocycles. The molecule has 1 aliphatic heterocycles. The van der Waals surface area contributed by atoms with Crippen LogP contribution in [0.4, 0.5) is 4.79 Å². The number of aryl methyl sites for hydroxylation is 2. The summed E-state index contributed by atoms with van der Waals surface area (Å²) in [5.74, 6) is 1.13. The highest BCUT2D eigenvalue weighted by Gasteiger charge is 2.28. The van der Waals surface area contributed by atoms with Gasteiger partial charge in [-0.1, -0.05) is 0 Å². The summed E-state index contributed by atoms with van der Waals surface area (Å²) < 4.78 is 13.0. The van der Waals surface area contributed by atoms with E-state index >= 15 is 0 Å². The fourth-order valence-electron chi connectivity index (χ4n) is 4.00. The number of aromatic nitrogens is 3. The molecular formula is C24H24BrN5O7. The number of halogens is 1. The van der Waals surface area contributed by atoms with Crippen LogP contribution in [-0.2, 0) is 0 Å². The summed E-state index contributed by atoms with van der Waals surface area (Å²) in [6.45, 7) is 4.05. The van der Waals surface area contributed by atoms with E-state index in [-0.39, 0.29) is 26.2 Å². The fraction of sp³-hybridized carbons (Fsp3) is 0.292. The van der Waals surface area contributed by atoms with Crippen molar-refractivity contribution in [2.75, 3.05) is 33.3 Å². The molecule has 2 heterocycles. The first-order valence-electron chi connectivity index (χ1n) is 11.2. The van der Waals surface area contributed by atoms with Crippen LogP contribution in [0.5, 0.6) is 17.2 Å². The molecule has 1 aliphatic rings. The minimum Gasteiger partial charge on any atom is -0.496 e. The largest absolute Gasteiger partial charge is 0.496 e. The van der Waals surface area contributed by atoms with E-state index in [1.165, 1.54) is 9.80 Å². The Morgan fingerprint density at radius 3 is 2.22 bits per heavy atom. The quantitative estimate of drug-likeness (QED) is 0.473. The van der Waals surface area contributed by atoms with Crippen molar-refractivity contribution < 1.29 is 24.2 Å². The third-order valence-electron chi connectivity index (χ3n) is 5.90. The smallest absolute Gasteiger partial charge is 0.407 e. The van der Waals surface area contributed by atoms with E-state index in [1.807, 2.05) is 0 Å². The van der Waals surface area contributed by atoms with Crippen molar-refractivity contribution in [3.8, 4) is 22.9 Å². The van der Waals surface area contributed by atoms with Crippen LogP contribution in [-0.4, -0.2) is 75.0 Å². The number of carboxylic acid groups (broad SMARTS) is 1. The van der Waals surface area contributed by atoms with Gasteiger partial charge in [0, 0.05) is 26.2 Å². The summed E-state index contributed by atoms with van der Waals surface area (Å²) in [4.78, 5) is 53.8. The molecule has 1 fully saturated rings. The lowest BCUT2D eigenvalue weighted by Crippen LogP contribution is -2.51. The van der Waals surface area contributed by atoms with Gasteiger partial charge < -0.3 is 24.4 Å². The molecule has 0 radical (unpaired) electrons. The van der Waals surface area contributed by atoms with Crippen molar-refractivity contribution in [3.63, 3.8) is 0 Å². The van der Waals surface area contributed by atoms with Crippen molar-refractivity contribution in [2.45, 2.75) is 13.8 Å². The zero-order valence-electron chi connectivity index (χ0n) is 20.3. The number of carbonyl (C=O) groups excluding carboxylic acids is 1. The second kappa shape index (κ2) is 10.5. The number of methoxy groups -OCH3 is 1. The van der Waals surface area contributed by atoms with E-state index in [1.54, 1.807) is 51.3 Å². The zero-order valence-corrected chi connectivity index (χ0v) is 21.9. The number of rotatable bonds is 5. The lowest BCUT2D eigenvalue weighted by Gasteiger charge is -2.32. The molecule has 0 aliphatic carbocycles. The number of carbonyl (C=O) groups is 2. The predicted molar refractivity (Wildman–Crippen MR) is 136 cm³/mol. The van der Waals surface area contributed by atoms with Gasteiger partial charge >= 0.3 is 11.8 Å². The van der Waals surface area contributed by atoms with Gasteiger partial charge in [-0.3, -0.25) is 14.6 Å². The molecular weight excluding hydrogens is 550 g/mol. The van der Waals surface area contributed by atoms with Crippen molar-refractivity contribution in [3.05, 3.63) is 72.5 Å². The van der Waals surface area contributed by atoms with Crippen molar-refractivity contribution in [1.82, 2.24) is 24.6 Å². The summed E-state index contributed by atoms with van der Waals surface area (Å²) in [5.41, 5.74) is -0.445. The van der Waals surface area contributed by atoms with E-state index in [9.17, 15) is 19.2 Å². The average Bonchev–Trinajstić information content (AvgIpc) is 2.86. The Kier molecular flexibility index (Phi) is 7.34. The first-order chi connectivity index (χ1) is 17.6. The average molecular weight is 574 g/mol. The topological polar surface area (TPSA) is 147 Å². The van der Waals surface area contributed by atoms with Gasteiger partial charge in [0.2, 0.25) is 5.69 Å². The number of hydrogen-bond acceptors (Lipinski definition) is 7. The van der Waals surface area contributed by atoms with Crippen molar-refractivity contribution in [1.29, 1.82) is 0 Å². The van der Waals surface area contributed by atoms with Gasteiger partial charge in [-0.05, 0) is 71.2 Å². The van der Waals surface area contributed by atoms with Crippen LogP contribution in [0.3, 0.4) is 0 Å². The van der Waals surface area contributed by atoms with E-state index in [4.69, 9.17) is 14.6 Å². The molecule has 0 spiro atoms. The van der Waals surface area contributed by atoms with E-state index in [0.717, 1.165) is 9.15 Å². The molecule has 12 nitrogen and oxygen atoms in total. The zero-order chi connectivity index (χ0) is 26.9. The molecule has 3 aromatic rings. The van der Waals surface area contributed by atoms with Gasteiger partial charge in [0.05, 0.1) is 17.3 Å². The third-order valence-corrected chi connectivity index (χ3v) is 6.52. The summed E-state index contributed by atoms with van der Waals surface area (Å²) >= 11 is 3.43. The highest BCUT2D eigenvalue weighted by atomic mass is 79.9. The number of aromatic amines is 1. The van der Waals surface area contributed by atoms with Crippen molar-refractivity contribution in [2.24, 2.45) is 0 Å². The Morgan fingerprint density at radius 2 is 1.65 bits per heavy atom. The Balaban J connectivity index is 1.63. The number of nitrogens with zero attached hydrogens (tertiary/aromatic N) is 4. The number of amides is 2. The summed E-state index contributed by atoms with van der Waals surface area (Å²) in [6, 6.07) is 8.62. The van der Waals surface area contributed by atoms with E-state index in [2.05, 4.69) is 26.0 Å². The lowest BCUT2D eigenvalue weighted by molar-refractivity contribution is 0.0615. The molecule has 37 heavy (non-hydrogen) atoms. The maximum Gasteiger partial charge on any atom is 0.407 e. The minimum absolute atomic E-state index is 0.108. The van der Waals surface area contributed by atoms with Gasteiger partial charge in [-0.15, -0.1) is 0 Å². The van der Waals surface area contributed by atoms with Crippen LogP contribution in [0.2, 0.25) is 0 Å². The molecule has 0 bridgehead atoms. The summed E-state index contributed by atoms with van der Waals surface area (Å²) in [5, 5.41) is 13.2. The van der Waals surface area contributed by atoms with Gasteiger partial charge in [0.1, 0.15) is 17.2 Å². The molecule has 194 valence electrons. The Labute approximate surface area is 219 Å². The molecule has 0 atom stereocenters. The monoisotopic (exact) mass is 573 g/mol. The number of hydrogen-bond donors (Lipinski definition) is 2. The predicted octanol–water partition coefficient (Wildman–Crippen LogP) is 2.54. The van der Waals surface area contributed by atoms with Crippen LogP contribution in [0.15, 0.2) is 44.4 Å². The second-order valence-corrected chi connectivity index (χ2v) is 9.24. The first kappa shape index (κ1) is 25.9. The van der Waals surface area contributed by atoms with Gasteiger partial charge in [0.25, 0.3) is 11.5 Å². The maximum absolute atomic E-state index is 13.0. The lowest BCUT2D eigenvalue weighted by atomic mass is 10.1. The molecule has 4 rings (SSSR count). The number of piperazine rings is 1. The van der Waals surface area contributed by atoms with E-state index in [0.29, 0.717) is 34.1 Å². The highest BCUT2D eigenvalue weighted by Crippen LogP contribution is 2.34. The maximum atomic E-state index is 13.0. The number of H-pyrrole nitrogens is 1. The third kappa shape index (κ3) is 5.35. The molecule has 2 amide bonds. The van der Waals surface area contributed by atoms with Gasteiger partial charge in [-0.2, -0.15) is 9.78 Å². The van der Waals surface area contributed by atoms with Crippen LogP contribution in [0.1, 0.15) is 21.6 Å². The Hall–Kier alpha value is -4.13. The van der Waals surface area contributed by atoms with Crippen molar-refractivity contribution >= 4 is 27.9 Å². The molecule has 13 heteroatoms. The van der Waals surface area contributed by atoms with Gasteiger partial charge in [-0.25, -0.2) is 9.59 Å². The SMILES string of the molecule is COc1ccc(Oc2c(C)cc(-n3nc(C(=O)N4CCN(C(=O)O)CC4)c(=O)[nH]c3=O)cc2C)cc1Br. The fourth-order valence-corrected chi connectivity index (χ4v) is 4.52. The minimum atomic E-state index is -1.07. The van der Waals surface area contributed by atoms with E-state index < -0.39 is 28.9 Å². The van der Waals surface area contributed by atoms with Gasteiger partial charge in [0.15, 0.2) is 0 Å². The molecule has 0 unspecified atom stereocenters. The molecule has 0 saturated carbocycles.